The van der Waals surface area contributed by atoms with Gasteiger partial charge in [0.2, 0.25) is 0 Å². The number of anilines is 1. The van der Waals surface area contributed by atoms with Crippen LogP contribution in [0.5, 0.6) is 0 Å². The quantitative estimate of drug-likeness (QED) is 0.875. The average molecular weight is 258 g/mol. The lowest BCUT2D eigenvalue weighted by molar-refractivity contribution is 0.0903. The van der Waals surface area contributed by atoms with Gasteiger partial charge in [-0.15, -0.1) is 0 Å². The van der Waals surface area contributed by atoms with Crippen LogP contribution in [0.3, 0.4) is 0 Å². The highest BCUT2D eigenvalue weighted by Crippen LogP contribution is 2.39. The number of fused-ring (bicyclic) bond motifs is 1. The van der Waals surface area contributed by atoms with Gasteiger partial charge >= 0.3 is 0 Å². The summed E-state index contributed by atoms with van der Waals surface area (Å²) in [4.78, 5) is 12.3. The lowest BCUT2D eigenvalue weighted by Crippen LogP contribution is -2.45. The number of benzene rings is 1. The minimum Gasteiger partial charge on any atom is -0.385 e. The molecule has 2 aliphatic rings. The second-order valence-electron chi connectivity index (χ2n) is 6.35. The second kappa shape index (κ2) is 4.55. The van der Waals surface area contributed by atoms with E-state index in [0.717, 1.165) is 24.9 Å². The minimum absolute atomic E-state index is 0.0604. The lowest BCUT2D eigenvalue weighted by Gasteiger charge is -2.26. The molecule has 0 radical (unpaired) electrons. The van der Waals surface area contributed by atoms with Crippen LogP contribution in [0, 0.1) is 5.92 Å². The van der Waals surface area contributed by atoms with E-state index in [1.807, 2.05) is 18.2 Å². The predicted molar refractivity (Wildman–Crippen MR) is 77.5 cm³/mol. The lowest BCUT2D eigenvalue weighted by atomic mass is 9.97. The van der Waals surface area contributed by atoms with Crippen LogP contribution in [0.4, 0.5) is 5.69 Å². The first-order valence-electron chi connectivity index (χ1n) is 7.25. The zero-order valence-corrected chi connectivity index (χ0v) is 11.8. The first-order valence-corrected chi connectivity index (χ1v) is 7.25. The van der Waals surface area contributed by atoms with Crippen molar-refractivity contribution in [1.82, 2.24) is 5.32 Å². The third-order valence-electron chi connectivity index (χ3n) is 4.34. The predicted octanol–water partition coefficient (Wildman–Crippen LogP) is 2.96. The van der Waals surface area contributed by atoms with Crippen LogP contribution in [-0.4, -0.2) is 18.0 Å². The summed E-state index contributed by atoms with van der Waals surface area (Å²) in [5.74, 6) is 0.709. The van der Waals surface area contributed by atoms with Crippen LogP contribution in [0.15, 0.2) is 18.2 Å². The van der Waals surface area contributed by atoms with E-state index in [1.165, 1.54) is 24.1 Å². The van der Waals surface area contributed by atoms with Gasteiger partial charge in [-0.05, 0) is 69.2 Å². The summed E-state index contributed by atoms with van der Waals surface area (Å²) in [7, 11) is 0. The van der Waals surface area contributed by atoms with Gasteiger partial charge in [-0.25, -0.2) is 0 Å². The summed E-state index contributed by atoms with van der Waals surface area (Å²) in [6.45, 7) is 5.29. The molecule has 1 aliphatic carbocycles. The smallest absolute Gasteiger partial charge is 0.251 e. The van der Waals surface area contributed by atoms with E-state index in [4.69, 9.17) is 0 Å². The van der Waals surface area contributed by atoms with Crippen molar-refractivity contribution in [3.05, 3.63) is 29.3 Å². The molecule has 1 amide bonds. The fourth-order valence-electron chi connectivity index (χ4n) is 2.89. The summed E-state index contributed by atoms with van der Waals surface area (Å²) in [6, 6.07) is 6.00. The zero-order chi connectivity index (χ0) is 13.5. The number of rotatable bonds is 3. The van der Waals surface area contributed by atoms with Crippen LogP contribution >= 0.6 is 0 Å². The van der Waals surface area contributed by atoms with Crippen LogP contribution < -0.4 is 10.6 Å². The SMILES string of the molecule is CC(C)(NC(=O)c1ccc2c(c1)CCCN2)C1CC1. The van der Waals surface area contributed by atoms with Crippen molar-refractivity contribution in [3.8, 4) is 0 Å². The molecule has 0 bridgehead atoms. The number of aryl methyl sites for hydroxylation is 1. The summed E-state index contributed by atoms with van der Waals surface area (Å²) < 4.78 is 0. The molecule has 0 aromatic heterocycles. The first-order chi connectivity index (χ1) is 9.06. The van der Waals surface area contributed by atoms with E-state index in [-0.39, 0.29) is 11.4 Å². The number of hydrogen-bond acceptors (Lipinski definition) is 2. The van der Waals surface area contributed by atoms with Gasteiger partial charge < -0.3 is 10.6 Å². The topological polar surface area (TPSA) is 41.1 Å². The Morgan fingerprint density at radius 1 is 1.37 bits per heavy atom. The highest BCUT2D eigenvalue weighted by atomic mass is 16.1. The third kappa shape index (κ3) is 2.60. The summed E-state index contributed by atoms with van der Waals surface area (Å²) in [5, 5.41) is 6.56. The molecule has 3 rings (SSSR count). The van der Waals surface area contributed by atoms with Gasteiger partial charge in [0.05, 0.1) is 0 Å². The maximum Gasteiger partial charge on any atom is 0.251 e. The fraction of sp³-hybridized carbons (Fsp3) is 0.562. The molecule has 3 nitrogen and oxygen atoms in total. The molecule has 1 aliphatic heterocycles. The number of carbonyl (C=O) groups is 1. The molecular weight excluding hydrogens is 236 g/mol. The molecule has 1 heterocycles. The van der Waals surface area contributed by atoms with Crippen LogP contribution in [0.2, 0.25) is 0 Å². The number of amides is 1. The van der Waals surface area contributed by atoms with Crippen molar-refractivity contribution in [2.24, 2.45) is 5.92 Å². The van der Waals surface area contributed by atoms with Crippen LogP contribution in [-0.2, 0) is 6.42 Å². The largest absolute Gasteiger partial charge is 0.385 e. The van der Waals surface area contributed by atoms with Crippen molar-refractivity contribution in [1.29, 1.82) is 0 Å². The monoisotopic (exact) mass is 258 g/mol. The highest BCUT2D eigenvalue weighted by molar-refractivity contribution is 5.95. The molecule has 0 atom stereocenters. The Hall–Kier alpha value is -1.51. The molecule has 0 unspecified atom stereocenters. The molecule has 0 spiro atoms. The van der Waals surface area contributed by atoms with E-state index in [2.05, 4.69) is 24.5 Å². The Morgan fingerprint density at radius 2 is 2.16 bits per heavy atom. The molecule has 1 aromatic rings. The molecule has 2 N–H and O–H groups in total. The fourth-order valence-corrected chi connectivity index (χ4v) is 2.89. The van der Waals surface area contributed by atoms with Crippen molar-refractivity contribution < 1.29 is 4.79 Å². The van der Waals surface area contributed by atoms with Crippen LogP contribution in [0.25, 0.3) is 0 Å². The molecule has 102 valence electrons. The standard InChI is InChI=1S/C16H22N2O/c1-16(2,13-6-7-13)18-15(19)12-5-8-14-11(10-12)4-3-9-17-14/h5,8,10,13,17H,3-4,6-7,9H2,1-2H3,(H,18,19). The van der Waals surface area contributed by atoms with E-state index in [1.54, 1.807) is 0 Å². The van der Waals surface area contributed by atoms with Crippen LogP contribution in [0.1, 0.15) is 49.0 Å². The maximum atomic E-state index is 12.3. The Bertz CT molecular complexity index is 503. The average Bonchev–Trinajstić information content (AvgIpc) is 3.22. The van der Waals surface area contributed by atoms with Gasteiger partial charge in [0, 0.05) is 23.3 Å². The maximum absolute atomic E-state index is 12.3. The molecule has 0 saturated heterocycles. The van der Waals surface area contributed by atoms with E-state index >= 15 is 0 Å². The van der Waals surface area contributed by atoms with Gasteiger partial charge in [-0.3, -0.25) is 4.79 Å². The van der Waals surface area contributed by atoms with Crippen molar-refractivity contribution >= 4 is 11.6 Å². The number of hydrogen-bond donors (Lipinski definition) is 2. The molecular formula is C16H22N2O. The molecule has 19 heavy (non-hydrogen) atoms. The summed E-state index contributed by atoms with van der Waals surface area (Å²) >= 11 is 0. The second-order valence-corrected chi connectivity index (χ2v) is 6.35. The minimum atomic E-state index is -0.0781. The molecule has 1 fully saturated rings. The van der Waals surface area contributed by atoms with E-state index < -0.39 is 0 Å². The highest BCUT2D eigenvalue weighted by Gasteiger charge is 2.38. The van der Waals surface area contributed by atoms with Crippen molar-refractivity contribution in [2.75, 3.05) is 11.9 Å². The summed E-state index contributed by atoms with van der Waals surface area (Å²) in [5.41, 5.74) is 3.16. The number of carbonyl (C=O) groups excluding carboxylic acids is 1. The Kier molecular flexibility index (Phi) is 3.00. The van der Waals surface area contributed by atoms with Gasteiger partial charge in [-0.1, -0.05) is 0 Å². The van der Waals surface area contributed by atoms with Gasteiger partial charge in [0.1, 0.15) is 0 Å². The Labute approximate surface area is 114 Å². The third-order valence-corrected chi connectivity index (χ3v) is 4.34. The van der Waals surface area contributed by atoms with E-state index in [9.17, 15) is 4.79 Å². The van der Waals surface area contributed by atoms with Crippen molar-refractivity contribution in [3.63, 3.8) is 0 Å². The van der Waals surface area contributed by atoms with Gasteiger partial charge in [0.25, 0.3) is 5.91 Å². The molecule has 3 heteroatoms. The Balaban J connectivity index is 1.76. The zero-order valence-electron chi connectivity index (χ0n) is 11.8. The number of nitrogens with one attached hydrogen (secondary N) is 2. The van der Waals surface area contributed by atoms with Gasteiger partial charge in [0.15, 0.2) is 0 Å². The normalized spacial score (nSPS) is 18.4. The van der Waals surface area contributed by atoms with Gasteiger partial charge in [-0.2, -0.15) is 0 Å². The van der Waals surface area contributed by atoms with E-state index in [0.29, 0.717) is 5.92 Å². The molecule has 1 saturated carbocycles. The summed E-state index contributed by atoms with van der Waals surface area (Å²) in [6.07, 6.45) is 4.68. The first kappa shape index (κ1) is 12.5. The van der Waals surface area contributed by atoms with Crippen molar-refractivity contribution in [2.45, 2.75) is 45.1 Å². The molecule has 1 aromatic carbocycles. The Morgan fingerprint density at radius 3 is 2.89 bits per heavy atom.